The number of hydrogen-bond donors (Lipinski definition) is 4. The lowest BCUT2D eigenvalue weighted by atomic mass is 10.1. The molecule has 0 radical (unpaired) electrons. The minimum atomic E-state index is -1.02. The van der Waals surface area contributed by atoms with Crippen LogP contribution in [0.2, 0.25) is 0 Å². The van der Waals surface area contributed by atoms with Gasteiger partial charge in [-0.3, -0.25) is 0 Å². The maximum atomic E-state index is 11.4. The average molecular weight is 361 g/mol. The van der Waals surface area contributed by atoms with Crippen LogP contribution in [0.4, 0.5) is 0 Å². The molecule has 0 saturated carbocycles. The molecule has 0 unspecified atom stereocenters. The summed E-state index contributed by atoms with van der Waals surface area (Å²) in [6.07, 6.45) is 0. The Bertz CT molecular complexity index is 1310. The van der Waals surface area contributed by atoms with Crippen LogP contribution in [-0.4, -0.2) is 36.7 Å². The average Bonchev–Trinajstić information content (AvgIpc) is 3.32. The number of rotatable bonds is 3. The van der Waals surface area contributed by atoms with Crippen molar-refractivity contribution in [3.8, 4) is 0 Å². The summed E-state index contributed by atoms with van der Waals surface area (Å²) in [5, 5.41) is 22.1. The van der Waals surface area contributed by atoms with Crippen molar-refractivity contribution >= 4 is 55.6 Å². The summed E-state index contributed by atoms with van der Waals surface area (Å²) in [4.78, 5) is 28.9. The van der Waals surface area contributed by atoms with Gasteiger partial charge in [-0.2, -0.15) is 0 Å². The molecule has 7 heteroatoms. The molecule has 0 aliphatic heterocycles. The van der Waals surface area contributed by atoms with E-state index in [4.69, 9.17) is 0 Å². The molecule has 0 aliphatic rings. The number of carbonyl (C=O) groups is 2. The Kier molecular flexibility index (Phi) is 2.95. The molecule has 134 valence electrons. The number of carboxylic acid groups (broad SMARTS) is 2. The van der Waals surface area contributed by atoms with E-state index in [1.165, 1.54) is 0 Å². The number of nitrogens with zero attached hydrogens (tertiary/aromatic N) is 1. The van der Waals surface area contributed by atoms with Gasteiger partial charge < -0.3 is 24.7 Å². The molecule has 7 nitrogen and oxygen atoms in total. The second-order valence-corrected chi connectivity index (χ2v) is 6.57. The number of H-pyrrole nitrogens is 2. The summed E-state index contributed by atoms with van der Waals surface area (Å²) in [7, 11) is 0. The molecule has 0 bridgehead atoms. The van der Waals surface area contributed by atoms with Crippen molar-refractivity contribution in [3.05, 3.63) is 47.8 Å². The number of carboxylic acids is 2. The molecule has 2 aromatic carbocycles. The molecule has 3 heterocycles. The zero-order valence-electron chi connectivity index (χ0n) is 14.3. The first-order valence-electron chi connectivity index (χ1n) is 8.55. The molecule has 4 N–H and O–H groups in total. The Morgan fingerprint density at radius 3 is 1.67 bits per heavy atom. The SMILES string of the molecule is CCn1c2ccc3cc(C(=O)O)[nH]c3c2c2c3[nH]c(C(=O)O)cc3ccc21. The van der Waals surface area contributed by atoms with E-state index < -0.39 is 11.9 Å². The molecular formula is C20H15N3O4. The van der Waals surface area contributed by atoms with Crippen LogP contribution in [0.5, 0.6) is 0 Å². The van der Waals surface area contributed by atoms with Gasteiger partial charge in [0.2, 0.25) is 0 Å². The predicted octanol–water partition coefficient (Wildman–Crippen LogP) is 4.17. The lowest BCUT2D eigenvalue weighted by Gasteiger charge is -2.02. The number of hydrogen-bond acceptors (Lipinski definition) is 2. The van der Waals surface area contributed by atoms with Crippen LogP contribution in [0.1, 0.15) is 27.9 Å². The second-order valence-electron chi connectivity index (χ2n) is 6.57. The van der Waals surface area contributed by atoms with Gasteiger partial charge >= 0.3 is 11.9 Å². The first-order valence-corrected chi connectivity index (χ1v) is 8.55. The zero-order valence-corrected chi connectivity index (χ0v) is 14.3. The van der Waals surface area contributed by atoms with E-state index in [0.29, 0.717) is 0 Å². The highest BCUT2D eigenvalue weighted by Gasteiger charge is 2.19. The number of aromatic carboxylic acids is 2. The third kappa shape index (κ3) is 1.96. The summed E-state index contributed by atoms with van der Waals surface area (Å²) in [5.74, 6) is -2.03. The standard InChI is InChI=1S/C20H15N3O4/c1-2-23-13-5-3-9-7-11(19(24)25)21-17(9)15(13)16-14(23)6-4-10-8-12(20(26)27)22-18(10)16/h3-8,21-22H,2H2,1H3,(H,24,25)(H,26,27). The molecule has 5 rings (SSSR count). The molecule has 0 atom stereocenters. The molecule has 0 fully saturated rings. The molecule has 5 aromatic rings. The van der Waals surface area contributed by atoms with Gasteiger partial charge in [0.15, 0.2) is 0 Å². The normalized spacial score (nSPS) is 11.9. The van der Waals surface area contributed by atoms with Crippen molar-refractivity contribution in [1.82, 2.24) is 14.5 Å². The highest BCUT2D eigenvalue weighted by molar-refractivity contribution is 6.27. The highest BCUT2D eigenvalue weighted by atomic mass is 16.4. The van der Waals surface area contributed by atoms with Gasteiger partial charge in [-0.1, -0.05) is 12.1 Å². The molecule has 27 heavy (non-hydrogen) atoms. The molecule has 0 amide bonds. The van der Waals surface area contributed by atoms with Crippen molar-refractivity contribution in [3.63, 3.8) is 0 Å². The van der Waals surface area contributed by atoms with Gasteiger partial charge in [0.05, 0.1) is 22.1 Å². The van der Waals surface area contributed by atoms with Crippen LogP contribution in [0, 0.1) is 0 Å². The van der Waals surface area contributed by atoms with Gasteiger partial charge in [0.1, 0.15) is 11.4 Å². The van der Waals surface area contributed by atoms with Gasteiger partial charge in [-0.25, -0.2) is 9.59 Å². The van der Waals surface area contributed by atoms with Gasteiger partial charge in [0, 0.05) is 28.1 Å². The summed E-state index contributed by atoms with van der Waals surface area (Å²) in [6.45, 7) is 2.78. The quantitative estimate of drug-likeness (QED) is 0.386. The van der Waals surface area contributed by atoms with E-state index >= 15 is 0 Å². The van der Waals surface area contributed by atoms with Crippen LogP contribution in [0.3, 0.4) is 0 Å². The number of nitrogens with one attached hydrogen (secondary N) is 2. The third-order valence-corrected chi connectivity index (χ3v) is 5.16. The fourth-order valence-corrected chi connectivity index (χ4v) is 4.03. The summed E-state index contributed by atoms with van der Waals surface area (Å²) < 4.78 is 2.14. The first-order chi connectivity index (χ1) is 13.0. The van der Waals surface area contributed by atoms with Gasteiger partial charge in [-0.05, 0) is 31.2 Å². The Hall–Kier alpha value is -3.74. The second kappa shape index (κ2) is 5.14. The molecule has 0 saturated heterocycles. The topological polar surface area (TPSA) is 111 Å². The number of benzene rings is 2. The van der Waals surface area contributed by atoms with Crippen LogP contribution in [0.15, 0.2) is 36.4 Å². The summed E-state index contributed by atoms with van der Waals surface area (Å²) >= 11 is 0. The first kappa shape index (κ1) is 15.5. The van der Waals surface area contributed by atoms with E-state index in [1.54, 1.807) is 12.1 Å². The third-order valence-electron chi connectivity index (χ3n) is 5.16. The predicted molar refractivity (Wildman–Crippen MR) is 103 cm³/mol. The zero-order chi connectivity index (χ0) is 18.9. The number of aromatic nitrogens is 3. The summed E-state index contributed by atoms with van der Waals surface area (Å²) in [5.41, 5.74) is 3.66. The van der Waals surface area contributed by atoms with Crippen molar-refractivity contribution < 1.29 is 19.8 Å². The number of aryl methyl sites for hydroxylation is 1. The van der Waals surface area contributed by atoms with Gasteiger partial charge in [-0.15, -0.1) is 0 Å². The Morgan fingerprint density at radius 1 is 0.852 bits per heavy atom. The smallest absolute Gasteiger partial charge is 0.352 e. The van der Waals surface area contributed by atoms with Crippen molar-refractivity contribution in [1.29, 1.82) is 0 Å². The van der Waals surface area contributed by atoms with E-state index in [1.807, 2.05) is 31.2 Å². The minimum Gasteiger partial charge on any atom is -0.477 e. The lowest BCUT2D eigenvalue weighted by molar-refractivity contribution is 0.0681. The molecule has 3 aromatic heterocycles. The lowest BCUT2D eigenvalue weighted by Crippen LogP contribution is -1.95. The van der Waals surface area contributed by atoms with Crippen molar-refractivity contribution in [2.24, 2.45) is 0 Å². The van der Waals surface area contributed by atoms with Crippen LogP contribution in [-0.2, 0) is 6.54 Å². The molecule has 0 aliphatic carbocycles. The maximum Gasteiger partial charge on any atom is 0.352 e. The Balaban J connectivity index is 2.06. The van der Waals surface area contributed by atoms with Crippen LogP contribution in [0.25, 0.3) is 43.6 Å². The van der Waals surface area contributed by atoms with E-state index in [-0.39, 0.29) is 11.4 Å². The van der Waals surface area contributed by atoms with E-state index in [0.717, 1.165) is 50.2 Å². The maximum absolute atomic E-state index is 11.4. The number of aromatic amines is 2. The highest BCUT2D eigenvalue weighted by Crippen LogP contribution is 2.38. The monoisotopic (exact) mass is 361 g/mol. The molecule has 0 spiro atoms. The number of fused-ring (bicyclic) bond motifs is 7. The Morgan fingerprint density at radius 2 is 1.30 bits per heavy atom. The van der Waals surface area contributed by atoms with Crippen molar-refractivity contribution in [2.45, 2.75) is 13.5 Å². The van der Waals surface area contributed by atoms with E-state index in [9.17, 15) is 19.8 Å². The van der Waals surface area contributed by atoms with Crippen LogP contribution < -0.4 is 0 Å². The largest absolute Gasteiger partial charge is 0.477 e. The Labute approximate surface area is 151 Å². The summed E-state index contributed by atoms with van der Waals surface area (Å²) in [6, 6.07) is 11.0. The fraction of sp³-hybridized carbons (Fsp3) is 0.100. The van der Waals surface area contributed by atoms with Gasteiger partial charge in [0.25, 0.3) is 0 Å². The molecular weight excluding hydrogens is 346 g/mol. The fourth-order valence-electron chi connectivity index (χ4n) is 4.03. The minimum absolute atomic E-state index is 0.125. The van der Waals surface area contributed by atoms with Crippen LogP contribution >= 0.6 is 0 Å². The van der Waals surface area contributed by atoms with Crippen molar-refractivity contribution in [2.75, 3.05) is 0 Å². The van der Waals surface area contributed by atoms with E-state index in [2.05, 4.69) is 14.5 Å².